The van der Waals surface area contributed by atoms with Crippen molar-refractivity contribution in [2.75, 3.05) is 18.0 Å². The van der Waals surface area contributed by atoms with Crippen LogP contribution in [0.25, 0.3) is 5.65 Å². The van der Waals surface area contributed by atoms with Crippen LogP contribution in [0.5, 0.6) is 0 Å². The minimum absolute atomic E-state index is 0.0934. The fourth-order valence-corrected chi connectivity index (χ4v) is 2.40. The Balaban J connectivity index is 1.93. The van der Waals surface area contributed by atoms with Crippen molar-refractivity contribution in [3.63, 3.8) is 0 Å². The average molecular weight is 276 g/mol. The van der Waals surface area contributed by atoms with E-state index in [1.165, 1.54) is 10.7 Å². The number of hydrogen-bond acceptors (Lipinski definition) is 5. The number of rotatable bonds is 2. The van der Waals surface area contributed by atoms with Crippen LogP contribution in [0.3, 0.4) is 0 Å². The summed E-state index contributed by atoms with van der Waals surface area (Å²) in [4.78, 5) is 17.6. The van der Waals surface area contributed by atoms with E-state index in [1.807, 2.05) is 13.0 Å². The highest BCUT2D eigenvalue weighted by Gasteiger charge is 2.28. The number of anilines is 1. The van der Waals surface area contributed by atoms with Gasteiger partial charge in [-0.15, -0.1) is 0 Å². The van der Waals surface area contributed by atoms with Crippen molar-refractivity contribution in [3.8, 4) is 0 Å². The van der Waals surface area contributed by atoms with E-state index in [2.05, 4.69) is 15.0 Å². The Morgan fingerprint density at radius 1 is 1.40 bits per heavy atom. The molecular formula is C13H16N4O3. The number of nitrogens with zero attached hydrogens (tertiary/aromatic N) is 4. The van der Waals surface area contributed by atoms with E-state index in [-0.39, 0.29) is 5.56 Å². The van der Waals surface area contributed by atoms with Crippen LogP contribution in [0.1, 0.15) is 30.1 Å². The average Bonchev–Trinajstić information content (AvgIpc) is 2.81. The minimum Gasteiger partial charge on any atom is -0.477 e. The summed E-state index contributed by atoms with van der Waals surface area (Å²) in [5, 5.41) is 23.0. The van der Waals surface area contributed by atoms with Crippen molar-refractivity contribution in [3.05, 3.63) is 24.0 Å². The van der Waals surface area contributed by atoms with Crippen molar-refractivity contribution < 1.29 is 15.0 Å². The van der Waals surface area contributed by atoms with E-state index >= 15 is 0 Å². The molecule has 0 aliphatic carbocycles. The molecule has 1 aliphatic heterocycles. The molecule has 3 heterocycles. The van der Waals surface area contributed by atoms with Crippen molar-refractivity contribution >= 4 is 17.4 Å². The van der Waals surface area contributed by atoms with Crippen LogP contribution in [0.2, 0.25) is 0 Å². The fourth-order valence-electron chi connectivity index (χ4n) is 2.40. The van der Waals surface area contributed by atoms with Crippen molar-refractivity contribution in [2.45, 2.75) is 25.4 Å². The van der Waals surface area contributed by atoms with Gasteiger partial charge in [0.2, 0.25) is 0 Å². The van der Waals surface area contributed by atoms with Crippen molar-refractivity contribution in [2.24, 2.45) is 0 Å². The maximum Gasteiger partial charge on any atom is 0.341 e. The molecule has 20 heavy (non-hydrogen) atoms. The number of carboxylic acid groups (broad SMARTS) is 1. The lowest BCUT2D eigenvalue weighted by molar-refractivity contribution is 0.0350. The number of carbonyl (C=O) groups is 1. The van der Waals surface area contributed by atoms with Gasteiger partial charge in [0, 0.05) is 19.3 Å². The Bertz CT molecular complexity index is 655. The van der Waals surface area contributed by atoms with E-state index in [1.54, 1.807) is 6.20 Å². The van der Waals surface area contributed by atoms with E-state index in [9.17, 15) is 9.90 Å². The summed E-state index contributed by atoms with van der Waals surface area (Å²) in [7, 11) is 0. The predicted octanol–water partition coefficient (Wildman–Crippen LogP) is 0.779. The van der Waals surface area contributed by atoms with Crippen LogP contribution in [-0.2, 0) is 0 Å². The van der Waals surface area contributed by atoms with Gasteiger partial charge in [0.15, 0.2) is 5.65 Å². The van der Waals surface area contributed by atoms with Gasteiger partial charge in [0.1, 0.15) is 11.4 Å². The number of aromatic carboxylic acids is 1. The van der Waals surface area contributed by atoms with Crippen LogP contribution in [-0.4, -0.2) is 49.5 Å². The largest absolute Gasteiger partial charge is 0.477 e. The highest BCUT2D eigenvalue weighted by molar-refractivity contribution is 5.94. The highest BCUT2D eigenvalue weighted by Crippen LogP contribution is 2.25. The maximum absolute atomic E-state index is 11.1. The smallest absolute Gasteiger partial charge is 0.341 e. The van der Waals surface area contributed by atoms with Crippen LogP contribution in [0.4, 0.5) is 5.82 Å². The first-order chi connectivity index (χ1) is 9.46. The summed E-state index contributed by atoms with van der Waals surface area (Å²) in [5.41, 5.74) is -0.188. The predicted molar refractivity (Wildman–Crippen MR) is 72.0 cm³/mol. The monoisotopic (exact) mass is 276 g/mol. The molecule has 0 aromatic carbocycles. The molecular weight excluding hydrogens is 260 g/mol. The number of aromatic nitrogens is 3. The van der Waals surface area contributed by atoms with Gasteiger partial charge in [-0.05, 0) is 25.8 Å². The molecule has 0 spiro atoms. The van der Waals surface area contributed by atoms with Gasteiger partial charge >= 0.3 is 5.97 Å². The molecule has 1 aliphatic rings. The Morgan fingerprint density at radius 3 is 2.75 bits per heavy atom. The number of carboxylic acids is 1. The van der Waals surface area contributed by atoms with E-state index in [4.69, 9.17) is 5.11 Å². The molecule has 7 nitrogen and oxygen atoms in total. The summed E-state index contributed by atoms with van der Waals surface area (Å²) in [6, 6.07) is 1.81. The van der Waals surface area contributed by atoms with Crippen LogP contribution in [0.15, 0.2) is 18.5 Å². The molecule has 0 atom stereocenters. The summed E-state index contributed by atoms with van der Waals surface area (Å²) in [5.74, 6) is -0.317. The first-order valence-corrected chi connectivity index (χ1v) is 6.51. The second kappa shape index (κ2) is 4.45. The molecule has 0 radical (unpaired) electrons. The molecule has 7 heteroatoms. The SMILES string of the molecule is CC1(O)CCN(c2ccn3ncc(C(=O)O)c3n2)CC1. The van der Waals surface area contributed by atoms with Crippen molar-refractivity contribution in [1.29, 1.82) is 0 Å². The zero-order chi connectivity index (χ0) is 14.3. The topological polar surface area (TPSA) is 91.0 Å². The van der Waals surface area contributed by atoms with Gasteiger partial charge < -0.3 is 15.1 Å². The maximum atomic E-state index is 11.1. The molecule has 2 N–H and O–H groups in total. The second-order valence-corrected chi connectivity index (χ2v) is 5.40. The zero-order valence-electron chi connectivity index (χ0n) is 11.2. The molecule has 2 aromatic rings. The Kier molecular flexibility index (Phi) is 2.86. The van der Waals surface area contributed by atoms with Gasteiger partial charge in [-0.2, -0.15) is 5.10 Å². The molecule has 0 bridgehead atoms. The minimum atomic E-state index is -1.04. The number of fused-ring (bicyclic) bond motifs is 1. The molecule has 1 fully saturated rings. The molecule has 0 amide bonds. The van der Waals surface area contributed by atoms with Gasteiger partial charge in [-0.1, -0.05) is 0 Å². The van der Waals surface area contributed by atoms with E-state index in [0.29, 0.717) is 31.6 Å². The molecule has 106 valence electrons. The number of hydrogen-bond donors (Lipinski definition) is 2. The third kappa shape index (κ3) is 2.20. The third-order valence-corrected chi connectivity index (χ3v) is 3.75. The molecule has 0 saturated carbocycles. The van der Waals surface area contributed by atoms with Gasteiger partial charge in [0.05, 0.1) is 11.8 Å². The summed E-state index contributed by atoms with van der Waals surface area (Å²) >= 11 is 0. The quantitative estimate of drug-likeness (QED) is 0.842. The Labute approximate surface area is 115 Å². The fraction of sp³-hybridized carbons (Fsp3) is 0.462. The third-order valence-electron chi connectivity index (χ3n) is 3.75. The van der Waals surface area contributed by atoms with E-state index in [0.717, 1.165) is 5.82 Å². The van der Waals surface area contributed by atoms with E-state index < -0.39 is 11.6 Å². The Morgan fingerprint density at radius 2 is 2.10 bits per heavy atom. The zero-order valence-corrected chi connectivity index (χ0v) is 11.2. The Hall–Kier alpha value is -2.15. The van der Waals surface area contributed by atoms with Crippen LogP contribution in [0, 0.1) is 0 Å². The number of aliphatic hydroxyl groups is 1. The first-order valence-electron chi connectivity index (χ1n) is 6.51. The molecule has 2 aromatic heterocycles. The lowest BCUT2D eigenvalue weighted by atomic mass is 9.94. The molecule has 0 unspecified atom stereocenters. The van der Waals surface area contributed by atoms with Gasteiger partial charge in [-0.25, -0.2) is 14.3 Å². The van der Waals surface area contributed by atoms with Crippen LogP contribution >= 0.6 is 0 Å². The van der Waals surface area contributed by atoms with Gasteiger partial charge in [0.25, 0.3) is 0 Å². The summed E-state index contributed by atoms with van der Waals surface area (Å²) in [6.07, 6.45) is 4.35. The first kappa shape index (κ1) is 12.9. The normalized spacial score (nSPS) is 18.4. The van der Waals surface area contributed by atoms with Crippen molar-refractivity contribution in [1.82, 2.24) is 14.6 Å². The second-order valence-electron chi connectivity index (χ2n) is 5.40. The summed E-state index contributed by atoms with van der Waals surface area (Å²) < 4.78 is 1.45. The highest BCUT2D eigenvalue weighted by atomic mass is 16.4. The lowest BCUT2D eigenvalue weighted by Gasteiger charge is -2.36. The van der Waals surface area contributed by atoms with Crippen LogP contribution < -0.4 is 4.90 Å². The standard InChI is InChI=1S/C13H16N4O3/c1-13(20)3-6-16(7-4-13)10-2-5-17-11(15-10)9(8-14-17)12(18)19/h2,5,8,20H,3-4,6-7H2,1H3,(H,18,19). The summed E-state index contributed by atoms with van der Waals surface area (Å²) in [6.45, 7) is 3.24. The molecule has 3 rings (SSSR count). The van der Waals surface area contributed by atoms with Gasteiger partial charge in [-0.3, -0.25) is 0 Å². The number of piperidine rings is 1. The lowest BCUT2D eigenvalue weighted by Crippen LogP contribution is -2.42. The molecule has 1 saturated heterocycles.